The van der Waals surface area contributed by atoms with Crippen molar-refractivity contribution in [2.24, 2.45) is 7.05 Å². The molecule has 2 heterocycles. The highest BCUT2D eigenvalue weighted by molar-refractivity contribution is 5.51. The first-order valence-corrected chi connectivity index (χ1v) is 9.81. The van der Waals surface area contributed by atoms with Gasteiger partial charge < -0.3 is 20.1 Å². The van der Waals surface area contributed by atoms with Crippen molar-refractivity contribution in [3.05, 3.63) is 46.6 Å². The van der Waals surface area contributed by atoms with Crippen molar-refractivity contribution < 1.29 is 9.84 Å². The molecule has 2 aromatic rings. The molecular weight excluding hydrogens is 340 g/mol. The minimum absolute atomic E-state index is 0.352. The summed E-state index contributed by atoms with van der Waals surface area (Å²) < 4.78 is 7.50. The van der Waals surface area contributed by atoms with Gasteiger partial charge in [-0.25, -0.2) is 0 Å². The largest absolute Gasteiger partial charge is 0.387 e. The molecule has 1 aliphatic rings. The van der Waals surface area contributed by atoms with E-state index in [4.69, 9.17) is 9.84 Å². The second-order valence-corrected chi connectivity index (χ2v) is 7.62. The number of morpholine rings is 1. The van der Waals surface area contributed by atoms with E-state index in [1.807, 2.05) is 36.0 Å². The summed E-state index contributed by atoms with van der Waals surface area (Å²) in [6.07, 6.45) is -0.517. The zero-order valence-corrected chi connectivity index (χ0v) is 16.9. The molecule has 6 nitrogen and oxygen atoms in total. The number of benzene rings is 1. The Bertz CT molecular complexity index is 733. The topological polar surface area (TPSA) is 62.5 Å². The third kappa shape index (κ3) is 4.69. The standard InChI is InChI=1S/C21H32N4O2/c1-15(2)20-18(21(24(4)23-20)25-9-11-27-12-10-25)13-22-14-19(26)17-7-5-16(3)6-8-17/h5-8,15,19,22,26H,9-14H2,1-4H3/t19-/m1/s1. The van der Waals surface area contributed by atoms with Crippen molar-refractivity contribution in [2.75, 3.05) is 37.7 Å². The zero-order valence-electron chi connectivity index (χ0n) is 16.9. The minimum Gasteiger partial charge on any atom is -0.387 e. The summed E-state index contributed by atoms with van der Waals surface area (Å²) in [5.74, 6) is 1.52. The summed E-state index contributed by atoms with van der Waals surface area (Å²) in [6, 6.07) is 8.05. The number of aryl methyl sites for hydroxylation is 2. The highest BCUT2D eigenvalue weighted by atomic mass is 16.5. The van der Waals surface area contributed by atoms with Gasteiger partial charge in [-0.05, 0) is 18.4 Å². The Labute approximate surface area is 162 Å². The Hall–Kier alpha value is -1.89. The van der Waals surface area contributed by atoms with Crippen LogP contribution < -0.4 is 10.2 Å². The van der Waals surface area contributed by atoms with Gasteiger partial charge in [0.15, 0.2) is 0 Å². The molecule has 0 bridgehead atoms. The molecule has 1 saturated heterocycles. The minimum atomic E-state index is -0.517. The predicted molar refractivity (Wildman–Crippen MR) is 108 cm³/mol. The van der Waals surface area contributed by atoms with E-state index in [9.17, 15) is 5.11 Å². The Morgan fingerprint density at radius 2 is 1.85 bits per heavy atom. The Morgan fingerprint density at radius 3 is 2.48 bits per heavy atom. The van der Waals surface area contributed by atoms with Gasteiger partial charge in [0.2, 0.25) is 0 Å². The molecule has 1 fully saturated rings. The van der Waals surface area contributed by atoms with Crippen LogP contribution in [0.5, 0.6) is 0 Å². The molecule has 27 heavy (non-hydrogen) atoms. The molecular formula is C21H32N4O2. The Morgan fingerprint density at radius 1 is 1.19 bits per heavy atom. The van der Waals surface area contributed by atoms with Crippen LogP contribution in [-0.2, 0) is 18.3 Å². The SMILES string of the molecule is Cc1ccc([C@H](O)CNCc2c(C(C)C)nn(C)c2N2CCOCC2)cc1. The number of aliphatic hydroxyl groups is 1. The lowest BCUT2D eigenvalue weighted by atomic mass is 10.0. The number of hydrogen-bond acceptors (Lipinski definition) is 5. The average molecular weight is 373 g/mol. The zero-order chi connectivity index (χ0) is 19.4. The van der Waals surface area contributed by atoms with Gasteiger partial charge in [0.1, 0.15) is 5.82 Å². The van der Waals surface area contributed by atoms with E-state index in [0.29, 0.717) is 19.0 Å². The van der Waals surface area contributed by atoms with Gasteiger partial charge in [0.05, 0.1) is 25.0 Å². The van der Waals surface area contributed by atoms with Crippen LogP contribution in [0.1, 0.15) is 48.3 Å². The van der Waals surface area contributed by atoms with Crippen LogP contribution in [0.25, 0.3) is 0 Å². The number of nitrogens with one attached hydrogen (secondary N) is 1. The van der Waals surface area contributed by atoms with Crippen molar-refractivity contribution >= 4 is 5.82 Å². The molecule has 2 N–H and O–H groups in total. The van der Waals surface area contributed by atoms with Crippen LogP contribution >= 0.6 is 0 Å². The van der Waals surface area contributed by atoms with E-state index in [2.05, 4.69) is 31.0 Å². The third-order valence-electron chi connectivity index (χ3n) is 5.10. The van der Waals surface area contributed by atoms with Crippen LogP contribution in [-0.4, -0.2) is 47.7 Å². The fourth-order valence-electron chi connectivity index (χ4n) is 3.62. The maximum atomic E-state index is 10.5. The summed E-state index contributed by atoms with van der Waals surface area (Å²) >= 11 is 0. The number of nitrogens with zero attached hydrogens (tertiary/aromatic N) is 3. The van der Waals surface area contributed by atoms with Crippen LogP contribution in [0.15, 0.2) is 24.3 Å². The molecule has 0 spiro atoms. The Kier molecular flexibility index (Phi) is 6.52. The molecule has 0 amide bonds. The van der Waals surface area contributed by atoms with Crippen LogP contribution in [0, 0.1) is 6.92 Å². The number of hydrogen-bond donors (Lipinski definition) is 2. The molecule has 0 aliphatic carbocycles. The van der Waals surface area contributed by atoms with Crippen molar-refractivity contribution in [3.8, 4) is 0 Å². The third-order valence-corrected chi connectivity index (χ3v) is 5.10. The van der Waals surface area contributed by atoms with Gasteiger partial charge in [0, 0.05) is 38.8 Å². The summed E-state index contributed by atoms with van der Waals surface area (Å²) in [7, 11) is 2.02. The van der Waals surface area contributed by atoms with Crippen molar-refractivity contribution in [2.45, 2.75) is 39.3 Å². The molecule has 1 aromatic heterocycles. The predicted octanol–water partition coefficient (Wildman–Crippen LogP) is 2.51. The average Bonchev–Trinajstić information content (AvgIpc) is 2.99. The van der Waals surface area contributed by atoms with Crippen LogP contribution in [0.3, 0.4) is 0 Å². The van der Waals surface area contributed by atoms with E-state index < -0.39 is 6.10 Å². The van der Waals surface area contributed by atoms with Gasteiger partial charge in [-0.3, -0.25) is 4.68 Å². The monoisotopic (exact) mass is 372 g/mol. The molecule has 1 aromatic carbocycles. The summed E-state index contributed by atoms with van der Waals surface area (Å²) in [4.78, 5) is 2.36. The number of rotatable bonds is 7. The van der Waals surface area contributed by atoms with Gasteiger partial charge >= 0.3 is 0 Å². The quantitative estimate of drug-likeness (QED) is 0.782. The normalized spacial score (nSPS) is 16.1. The van der Waals surface area contributed by atoms with Gasteiger partial charge in [-0.15, -0.1) is 0 Å². The number of ether oxygens (including phenoxy) is 1. The van der Waals surface area contributed by atoms with Crippen molar-refractivity contribution in [1.82, 2.24) is 15.1 Å². The van der Waals surface area contributed by atoms with E-state index >= 15 is 0 Å². The smallest absolute Gasteiger partial charge is 0.131 e. The molecule has 1 aliphatic heterocycles. The van der Waals surface area contributed by atoms with Crippen molar-refractivity contribution in [3.63, 3.8) is 0 Å². The highest BCUT2D eigenvalue weighted by Gasteiger charge is 2.24. The van der Waals surface area contributed by atoms with E-state index in [0.717, 1.165) is 37.6 Å². The molecule has 148 valence electrons. The molecule has 1 atom stereocenters. The Balaban J connectivity index is 1.71. The van der Waals surface area contributed by atoms with Crippen LogP contribution in [0.2, 0.25) is 0 Å². The fourth-order valence-corrected chi connectivity index (χ4v) is 3.62. The maximum absolute atomic E-state index is 10.5. The number of anilines is 1. The second-order valence-electron chi connectivity index (χ2n) is 7.62. The number of aliphatic hydroxyl groups excluding tert-OH is 1. The molecule has 0 radical (unpaired) electrons. The second kappa shape index (κ2) is 8.87. The summed E-state index contributed by atoms with van der Waals surface area (Å²) in [6.45, 7) is 10.9. The lowest BCUT2D eigenvalue weighted by molar-refractivity contribution is 0.122. The van der Waals surface area contributed by atoms with Crippen LogP contribution in [0.4, 0.5) is 5.82 Å². The van der Waals surface area contributed by atoms with E-state index in [-0.39, 0.29) is 0 Å². The molecule has 0 unspecified atom stereocenters. The summed E-state index contributed by atoms with van der Waals surface area (Å²) in [5.41, 5.74) is 4.49. The first-order valence-electron chi connectivity index (χ1n) is 9.81. The van der Waals surface area contributed by atoms with E-state index in [1.54, 1.807) is 0 Å². The molecule has 6 heteroatoms. The first kappa shape index (κ1) is 19.9. The summed E-state index contributed by atoms with van der Waals surface area (Å²) in [5, 5.41) is 18.7. The van der Waals surface area contributed by atoms with E-state index in [1.165, 1.54) is 16.9 Å². The fraction of sp³-hybridized carbons (Fsp3) is 0.571. The molecule has 3 rings (SSSR count). The maximum Gasteiger partial charge on any atom is 0.131 e. The van der Waals surface area contributed by atoms with Gasteiger partial charge in [0.25, 0.3) is 0 Å². The number of aromatic nitrogens is 2. The van der Waals surface area contributed by atoms with Gasteiger partial charge in [-0.1, -0.05) is 43.7 Å². The van der Waals surface area contributed by atoms with Gasteiger partial charge in [-0.2, -0.15) is 5.10 Å². The lowest BCUT2D eigenvalue weighted by Crippen LogP contribution is -2.38. The molecule has 0 saturated carbocycles. The highest BCUT2D eigenvalue weighted by Crippen LogP contribution is 2.29. The lowest BCUT2D eigenvalue weighted by Gasteiger charge is -2.29. The van der Waals surface area contributed by atoms with Crippen molar-refractivity contribution in [1.29, 1.82) is 0 Å². The first-order chi connectivity index (χ1) is 13.0.